The van der Waals surface area contributed by atoms with Gasteiger partial charge in [0.05, 0.1) is 10.6 Å². The Morgan fingerprint density at radius 3 is 2.53 bits per heavy atom. The van der Waals surface area contributed by atoms with Crippen LogP contribution in [0.2, 0.25) is 5.02 Å². The van der Waals surface area contributed by atoms with Gasteiger partial charge in [0, 0.05) is 5.69 Å². The summed E-state index contributed by atoms with van der Waals surface area (Å²) in [4.78, 5) is -0.0447. The predicted molar refractivity (Wildman–Crippen MR) is 69.1 cm³/mol. The predicted octanol–water partition coefficient (Wildman–Crippen LogP) is 1.61. The summed E-state index contributed by atoms with van der Waals surface area (Å²) < 4.78 is 26.4. The van der Waals surface area contributed by atoms with Gasteiger partial charge in [-0.25, -0.2) is 8.42 Å². The average Bonchev–Trinajstić information content (AvgIpc) is 2.15. The molecule has 0 saturated carbocycles. The van der Waals surface area contributed by atoms with Crippen LogP contribution in [0.1, 0.15) is 13.8 Å². The van der Waals surface area contributed by atoms with Crippen LogP contribution in [0, 0.1) is 12.3 Å². The molecule has 0 saturated heterocycles. The molecule has 0 unspecified atom stereocenters. The smallest absolute Gasteiger partial charge is 0.243 e. The molecule has 0 radical (unpaired) electrons. The zero-order valence-electron chi connectivity index (χ0n) is 9.49. The van der Waals surface area contributed by atoms with Crippen LogP contribution in [0.5, 0.6) is 0 Å². The minimum absolute atomic E-state index is 0.0447. The molecule has 1 aromatic rings. The van der Waals surface area contributed by atoms with E-state index < -0.39 is 15.6 Å². The van der Waals surface area contributed by atoms with Gasteiger partial charge in [0.25, 0.3) is 0 Å². The second-order valence-electron chi connectivity index (χ2n) is 4.06. The molecule has 92 valence electrons. The Kier molecular flexibility index (Phi) is 3.72. The maximum Gasteiger partial charge on any atom is 0.243 e. The summed E-state index contributed by atoms with van der Waals surface area (Å²) in [6.45, 7) is 3.16. The lowest BCUT2D eigenvalue weighted by molar-refractivity contribution is 0.539. The van der Waals surface area contributed by atoms with Crippen LogP contribution in [-0.4, -0.2) is 14.0 Å². The largest absolute Gasteiger partial charge is 0.399 e. The monoisotopic (exact) mass is 272 g/mol. The highest BCUT2D eigenvalue weighted by atomic mass is 35.5. The lowest BCUT2D eigenvalue weighted by Crippen LogP contribution is -2.42. The number of nitrogens with two attached hydrogens (primary N) is 1. The van der Waals surface area contributed by atoms with Gasteiger partial charge in [-0.05, 0) is 32.0 Å². The van der Waals surface area contributed by atoms with Gasteiger partial charge >= 0.3 is 0 Å². The van der Waals surface area contributed by atoms with E-state index >= 15 is 0 Å². The number of rotatable bonds is 3. The van der Waals surface area contributed by atoms with Crippen molar-refractivity contribution in [3.63, 3.8) is 0 Å². The Labute approximate surface area is 106 Å². The Morgan fingerprint density at radius 1 is 1.47 bits per heavy atom. The van der Waals surface area contributed by atoms with Crippen LogP contribution in [-0.2, 0) is 10.0 Å². The van der Waals surface area contributed by atoms with Crippen LogP contribution < -0.4 is 10.5 Å². The van der Waals surface area contributed by atoms with E-state index in [0.29, 0.717) is 5.69 Å². The lowest BCUT2D eigenvalue weighted by atomic mass is 10.1. The second kappa shape index (κ2) is 4.57. The normalized spacial score (nSPS) is 12.1. The Hall–Kier alpha value is -1.22. The molecular weight excluding hydrogens is 260 g/mol. The highest BCUT2D eigenvalue weighted by molar-refractivity contribution is 7.89. The van der Waals surface area contributed by atoms with Crippen LogP contribution in [0.4, 0.5) is 5.69 Å². The fraction of sp³-hybridized carbons (Fsp3) is 0.273. The van der Waals surface area contributed by atoms with Gasteiger partial charge in [0.15, 0.2) is 0 Å². The fourth-order valence-corrected chi connectivity index (χ4v) is 3.05. The van der Waals surface area contributed by atoms with Crippen molar-refractivity contribution in [2.24, 2.45) is 0 Å². The minimum atomic E-state index is -3.76. The number of benzene rings is 1. The number of hydrogen-bond donors (Lipinski definition) is 2. The topological polar surface area (TPSA) is 72.2 Å². The Morgan fingerprint density at radius 2 is 2.06 bits per heavy atom. The van der Waals surface area contributed by atoms with E-state index in [0.717, 1.165) is 0 Å². The first-order chi connectivity index (χ1) is 7.68. The van der Waals surface area contributed by atoms with Gasteiger partial charge in [-0.2, -0.15) is 4.72 Å². The van der Waals surface area contributed by atoms with Crippen molar-refractivity contribution < 1.29 is 8.42 Å². The summed E-state index contributed by atoms with van der Waals surface area (Å²) in [5.74, 6) is 2.34. The highest BCUT2D eigenvalue weighted by Crippen LogP contribution is 2.24. The molecule has 0 aromatic heterocycles. The molecule has 0 amide bonds. The van der Waals surface area contributed by atoms with E-state index in [1.807, 2.05) is 0 Å². The number of halogens is 1. The van der Waals surface area contributed by atoms with Gasteiger partial charge in [-0.3, -0.25) is 0 Å². The summed E-state index contributed by atoms with van der Waals surface area (Å²) in [5.41, 5.74) is 4.90. The average molecular weight is 273 g/mol. The van der Waals surface area contributed by atoms with E-state index in [9.17, 15) is 8.42 Å². The van der Waals surface area contributed by atoms with Gasteiger partial charge in [0.2, 0.25) is 10.0 Å². The van der Waals surface area contributed by atoms with Crippen molar-refractivity contribution in [3.05, 3.63) is 23.2 Å². The molecule has 3 N–H and O–H groups in total. The van der Waals surface area contributed by atoms with Crippen LogP contribution >= 0.6 is 11.6 Å². The summed E-state index contributed by atoms with van der Waals surface area (Å²) in [7, 11) is -3.76. The Bertz CT molecular complexity index is 574. The number of nitrogens with one attached hydrogen (secondary N) is 1. The summed E-state index contributed by atoms with van der Waals surface area (Å²) in [6.07, 6.45) is 5.22. The van der Waals surface area contributed by atoms with E-state index in [2.05, 4.69) is 10.6 Å². The van der Waals surface area contributed by atoms with Crippen molar-refractivity contribution in [2.75, 3.05) is 5.73 Å². The maximum absolute atomic E-state index is 12.0. The number of terminal acetylenes is 1. The third kappa shape index (κ3) is 3.37. The molecule has 0 fully saturated rings. The molecule has 6 heteroatoms. The van der Waals surface area contributed by atoms with Crippen molar-refractivity contribution >= 4 is 27.3 Å². The van der Waals surface area contributed by atoms with Gasteiger partial charge in [-0.15, -0.1) is 6.42 Å². The minimum Gasteiger partial charge on any atom is -0.399 e. The molecule has 0 heterocycles. The van der Waals surface area contributed by atoms with Gasteiger partial charge < -0.3 is 5.73 Å². The molecule has 1 aromatic carbocycles. The standard InChI is InChI=1S/C11H13ClN2O2S/c1-4-11(2,3)14-17(15,16)10-6-5-8(13)7-9(10)12/h1,5-7,14H,13H2,2-3H3. The summed E-state index contributed by atoms with van der Waals surface area (Å²) >= 11 is 5.84. The molecule has 0 aliphatic rings. The first-order valence-corrected chi connectivity index (χ1v) is 6.61. The van der Waals surface area contributed by atoms with Crippen molar-refractivity contribution in [1.82, 2.24) is 4.72 Å². The number of hydrogen-bond acceptors (Lipinski definition) is 3. The molecule has 17 heavy (non-hydrogen) atoms. The Balaban J connectivity index is 3.20. The first kappa shape index (κ1) is 13.8. The molecule has 0 spiro atoms. The van der Waals surface area contributed by atoms with Crippen LogP contribution in [0.25, 0.3) is 0 Å². The zero-order valence-corrected chi connectivity index (χ0v) is 11.1. The zero-order chi connectivity index (χ0) is 13.3. The van der Waals surface area contributed by atoms with Crippen molar-refractivity contribution in [2.45, 2.75) is 24.3 Å². The SMILES string of the molecule is C#CC(C)(C)NS(=O)(=O)c1ccc(N)cc1Cl. The van der Waals surface area contributed by atoms with Crippen molar-refractivity contribution in [1.29, 1.82) is 0 Å². The summed E-state index contributed by atoms with van der Waals surface area (Å²) in [5, 5.41) is 0.0605. The third-order valence-electron chi connectivity index (χ3n) is 2.00. The van der Waals surface area contributed by atoms with E-state index in [1.54, 1.807) is 13.8 Å². The molecule has 0 aliphatic carbocycles. The maximum atomic E-state index is 12.0. The first-order valence-electron chi connectivity index (χ1n) is 4.75. The lowest BCUT2D eigenvalue weighted by Gasteiger charge is -2.19. The van der Waals surface area contributed by atoms with E-state index in [-0.39, 0.29) is 9.92 Å². The molecule has 0 aliphatic heterocycles. The number of anilines is 1. The fourth-order valence-electron chi connectivity index (χ4n) is 1.16. The third-order valence-corrected chi connectivity index (χ3v) is 4.13. The quantitative estimate of drug-likeness (QED) is 0.649. The van der Waals surface area contributed by atoms with E-state index in [4.69, 9.17) is 23.8 Å². The molecule has 0 atom stereocenters. The second-order valence-corrected chi connectivity index (χ2v) is 6.12. The number of nitrogen functional groups attached to an aromatic ring is 1. The van der Waals surface area contributed by atoms with Crippen LogP contribution in [0.15, 0.2) is 23.1 Å². The summed E-state index contributed by atoms with van der Waals surface area (Å²) in [6, 6.07) is 4.18. The molecule has 0 bridgehead atoms. The molecule has 1 rings (SSSR count). The number of sulfonamides is 1. The van der Waals surface area contributed by atoms with Crippen molar-refractivity contribution in [3.8, 4) is 12.3 Å². The van der Waals surface area contributed by atoms with E-state index in [1.165, 1.54) is 18.2 Å². The highest BCUT2D eigenvalue weighted by Gasteiger charge is 2.25. The van der Waals surface area contributed by atoms with Crippen LogP contribution in [0.3, 0.4) is 0 Å². The van der Waals surface area contributed by atoms with Gasteiger partial charge in [0.1, 0.15) is 4.90 Å². The molecular formula is C11H13ClN2O2S. The van der Waals surface area contributed by atoms with Gasteiger partial charge in [-0.1, -0.05) is 17.5 Å². The molecule has 4 nitrogen and oxygen atoms in total.